The van der Waals surface area contributed by atoms with Gasteiger partial charge in [0.05, 0.1) is 55.9 Å². The molecule has 2 rings (SSSR count). The zero-order valence-electron chi connectivity index (χ0n) is 18.9. The molecular weight excluding hydrogens is 392 g/mol. The molecule has 0 saturated carbocycles. The Morgan fingerprint density at radius 1 is 0.533 bits per heavy atom. The van der Waals surface area contributed by atoms with Crippen molar-refractivity contribution in [3.63, 3.8) is 0 Å². The van der Waals surface area contributed by atoms with Crippen molar-refractivity contribution in [2.45, 2.75) is 27.1 Å². The van der Waals surface area contributed by atoms with Crippen LogP contribution in [0.15, 0.2) is 12.1 Å². The zero-order valence-corrected chi connectivity index (χ0v) is 18.9. The zero-order chi connectivity index (χ0) is 22.8. The summed E-state index contributed by atoms with van der Waals surface area (Å²) in [7, 11) is 8.92. The van der Waals surface area contributed by atoms with E-state index in [1.54, 1.807) is 12.1 Å². The summed E-state index contributed by atoms with van der Waals surface area (Å²) in [4.78, 5) is 0. The molecule has 0 unspecified atom stereocenters. The summed E-state index contributed by atoms with van der Waals surface area (Å²) in [6.45, 7) is 3.38. The van der Waals surface area contributed by atoms with E-state index in [2.05, 4.69) is 0 Å². The van der Waals surface area contributed by atoms with Gasteiger partial charge in [-0.15, -0.1) is 0 Å². The van der Waals surface area contributed by atoms with Gasteiger partial charge in [-0.3, -0.25) is 0 Å². The topological polar surface area (TPSA) is 95.8 Å². The van der Waals surface area contributed by atoms with Crippen molar-refractivity contribution < 1.29 is 38.6 Å². The molecule has 2 N–H and O–H groups in total. The molecule has 0 radical (unpaired) electrons. The maximum Gasteiger partial charge on any atom is 0.203 e. The van der Waals surface area contributed by atoms with Crippen LogP contribution in [0.1, 0.15) is 25.0 Å². The third-order valence-corrected chi connectivity index (χ3v) is 4.41. The van der Waals surface area contributed by atoms with Gasteiger partial charge in [-0.2, -0.15) is 0 Å². The van der Waals surface area contributed by atoms with Gasteiger partial charge in [0, 0.05) is 11.1 Å². The maximum atomic E-state index is 10.0. The SMILES string of the molecule is CC.COc1cc(CO)c(-c2c(CO)cc(OC)c(OC)c2OC)c(OC)c1OC. The average molecular weight is 424 g/mol. The highest BCUT2D eigenvalue weighted by Crippen LogP contribution is 2.54. The van der Waals surface area contributed by atoms with E-state index < -0.39 is 0 Å². The third kappa shape index (κ3) is 4.49. The van der Waals surface area contributed by atoms with Crippen LogP contribution in [0, 0.1) is 0 Å². The van der Waals surface area contributed by atoms with E-state index in [0.717, 1.165) is 0 Å². The van der Waals surface area contributed by atoms with Crippen LogP contribution in [0.25, 0.3) is 11.1 Å². The molecule has 0 bridgehead atoms. The molecule has 0 aliphatic carbocycles. The van der Waals surface area contributed by atoms with Crippen molar-refractivity contribution >= 4 is 0 Å². The number of aliphatic hydroxyl groups excluding tert-OH is 2. The van der Waals surface area contributed by atoms with Crippen molar-refractivity contribution in [2.75, 3.05) is 42.7 Å². The quantitative estimate of drug-likeness (QED) is 0.632. The van der Waals surface area contributed by atoms with Gasteiger partial charge < -0.3 is 38.6 Å². The molecule has 0 aliphatic rings. The largest absolute Gasteiger partial charge is 0.493 e. The average Bonchev–Trinajstić information content (AvgIpc) is 2.81. The number of methoxy groups -OCH3 is 6. The molecule has 8 heteroatoms. The summed E-state index contributed by atoms with van der Waals surface area (Å²) >= 11 is 0. The number of ether oxygens (including phenoxy) is 6. The van der Waals surface area contributed by atoms with Crippen LogP contribution in [0.2, 0.25) is 0 Å². The first kappa shape index (κ1) is 25.2. The van der Waals surface area contributed by atoms with E-state index in [-0.39, 0.29) is 13.2 Å². The predicted molar refractivity (Wildman–Crippen MR) is 114 cm³/mol. The highest BCUT2D eigenvalue weighted by molar-refractivity contribution is 5.88. The summed E-state index contributed by atoms with van der Waals surface area (Å²) in [6, 6.07) is 3.29. The second-order valence-corrected chi connectivity index (χ2v) is 5.68. The normalized spacial score (nSPS) is 9.93. The molecule has 0 heterocycles. The Hall–Kier alpha value is -2.84. The summed E-state index contributed by atoms with van der Waals surface area (Å²) in [6.07, 6.45) is 0. The van der Waals surface area contributed by atoms with Crippen molar-refractivity contribution in [3.05, 3.63) is 23.3 Å². The second-order valence-electron chi connectivity index (χ2n) is 5.68. The lowest BCUT2D eigenvalue weighted by molar-refractivity contribution is 0.275. The van der Waals surface area contributed by atoms with E-state index in [4.69, 9.17) is 28.4 Å². The number of benzene rings is 2. The summed E-state index contributed by atoms with van der Waals surface area (Å²) < 4.78 is 32.9. The van der Waals surface area contributed by atoms with Crippen molar-refractivity contribution in [2.24, 2.45) is 0 Å². The van der Waals surface area contributed by atoms with Crippen molar-refractivity contribution in [1.29, 1.82) is 0 Å². The van der Waals surface area contributed by atoms with Gasteiger partial charge >= 0.3 is 0 Å². The first-order valence-electron chi connectivity index (χ1n) is 9.42. The minimum atomic E-state index is -0.311. The van der Waals surface area contributed by atoms with Gasteiger partial charge in [0.1, 0.15) is 0 Å². The Bertz CT molecular complexity index is 763. The summed E-state index contributed by atoms with van der Waals surface area (Å²) in [5.74, 6) is 2.14. The van der Waals surface area contributed by atoms with Crippen LogP contribution in [0.5, 0.6) is 34.5 Å². The van der Waals surface area contributed by atoms with Crippen LogP contribution < -0.4 is 28.4 Å². The molecule has 8 nitrogen and oxygen atoms in total. The predicted octanol–water partition coefficient (Wildman–Crippen LogP) is 3.42. The summed E-state index contributed by atoms with van der Waals surface area (Å²) in [5.41, 5.74) is 1.97. The number of aliphatic hydroxyl groups is 2. The van der Waals surface area contributed by atoms with E-state index in [1.165, 1.54) is 42.7 Å². The Kier molecular flexibility index (Phi) is 10.1. The highest BCUT2D eigenvalue weighted by atomic mass is 16.5. The monoisotopic (exact) mass is 424 g/mol. The Morgan fingerprint density at radius 2 is 0.833 bits per heavy atom. The second kappa shape index (κ2) is 12.0. The molecule has 2 aromatic rings. The fourth-order valence-corrected chi connectivity index (χ4v) is 3.21. The van der Waals surface area contributed by atoms with Gasteiger partial charge in [-0.05, 0) is 23.3 Å². The molecule has 30 heavy (non-hydrogen) atoms. The fourth-order valence-electron chi connectivity index (χ4n) is 3.21. The van der Waals surface area contributed by atoms with E-state index in [0.29, 0.717) is 56.8 Å². The van der Waals surface area contributed by atoms with Crippen molar-refractivity contribution in [3.8, 4) is 45.6 Å². The molecule has 168 valence electrons. The van der Waals surface area contributed by atoms with Crippen LogP contribution in [0.4, 0.5) is 0 Å². The fraction of sp³-hybridized carbons (Fsp3) is 0.455. The number of rotatable bonds is 9. The van der Waals surface area contributed by atoms with Crippen molar-refractivity contribution in [1.82, 2.24) is 0 Å². The molecule has 0 saturated heterocycles. The lowest BCUT2D eigenvalue weighted by atomic mass is 9.92. The summed E-state index contributed by atoms with van der Waals surface area (Å²) in [5, 5.41) is 20.1. The van der Waals surface area contributed by atoms with E-state index in [9.17, 15) is 10.2 Å². The molecule has 0 fully saturated rings. The Labute approximate surface area is 177 Å². The molecule has 0 aromatic heterocycles. The van der Waals surface area contributed by atoms with Crippen LogP contribution >= 0.6 is 0 Å². The van der Waals surface area contributed by atoms with Gasteiger partial charge in [-0.1, -0.05) is 13.8 Å². The van der Waals surface area contributed by atoms with Crippen LogP contribution in [-0.2, 0) is 13.2 Å². The third-order valence-electron chi connectivity index (χ3n) is 4.41. The minimum absolute atomic E-state index is 0.311. The molecule has 0 aliphatic heterocycles. The molecule has 2 aromatic carbocycles. The highest BCUT2D eigenvalue weighted by Gasteiger charge is 2.29. The minimum Gasteiger partial charge on any atom is -0.493 e. The maximum absolute atomic E-state index is 10.0. The molecule has 0 amide bonds. The van der Waals surface area contributed by atoms with E-state index >= 15 is 0 Å². The Balaban J connectivity index is 0.00000218. The lowest BCUT2D eigenvalue weighted by Crippen LogP contribution is -2.06. The van der Waals surface area contributed by atoms with Crippen LogP contribution in [0.3, 0.4) is 0 Å². The van der Waals surface area contributed by atoms with Gasteiger partial charge in [0.15, 0.2) is 23.0 Å². The van der Waals surface area contributed by atoms with Gasteiger partial charge in [0.2, 0.25) is 11.5 Å². The standard InChI is InChI=1S/C20H26O8.C2H6/c1-23-13-7-11(9-21)15(19(27-5)17(13)25-3)16-12(10-22)8-14(24-2)18(26-4)20(16)28-6;1-2/h7-8,21-22H,9-10H2,1-6H3;1-2H3. The van der Waals surface area contributed by atoms with Gasteiger partial charge in [-0.25, -0.2) is 0 Å². The first-order valence-corrected chi connectivity index (χ1v) is 9.42. The number of hydrogen-bond acceptors (Lipinski definition) is 8. The number of hydrogen-bond donors (Lipinski definition) is 2. The van der Waals surface area contributed by atoms with Crippen LogP contribution in [-0.4, -0.2) is 52.9 Å². The van der Waals surface area contributed by atoms with E-state index in [1.807, 2.05) is 13.8 Å². The van der Waals surface area contributed by atoms with Gasteiger partial charge in [0.25, 0.3) is 0 Å². The smallest absolute Gasteiger partial charge is 0.203 e. The molecular formula is C22H32O8. The Morgan fingerprint density at radius 3 is 1.03 bits per heavy atom. The first-order chi connectivity index (χ1) is 14.6. The molecule has 0 spiro atoms. The lowest BCUT2D eigenvalue weighted by Gasteiger charge is -2.24. The molecule has 0 atom stereocenters.